The van der Waals surface area contributed by atoms with Crippen LogP contribution in [0.5, 0.6) is 0 Å². The normalized spacial score (nSPS) is 8.86. The molecule has 0 aliphatic heterocycles. The van der Waals surface area contributed by atoms with Gasteiger partial charge in [0.1, 0.15) is 0 Å². The molecule has 0 saturated heterocycles. The van der Waals surface area contributed by atoms with E-state index in [1.54, 1.807) is 0 Å². The second kappa shape index (κ2) is 8.31. The van der Waals surface area contributed by atoms with E-state index in [2.05, 4.69) is 32.4 Å². The summed E-state index contributed by atoms with van der Waals surface area (Å²) in [5, 5.41) is 0. The number of hydrogen-bond acceptors (Lipinski definition) is 0. The van der Waals surface area contributed by atoms with E-state index in [1.807, 2.05) is 18.2 Å². The van der Waals surface area contributed by atoms with Gasteiger partial charge in [0.25, 0.3) is 0 Å². The van der Waals surface area contributed by atoms with Crippen molar-refractivity contribution in [2.24, 2.45) is 0 Å². The minimum Gasteiger partial charge on any atom is -0.103 e. The van der Waals surface area contributed by atoms with Gasteiger partial charge < -0.3 is 0 Å². The molecule has 0 aliphatic carbocycles. The zero-order valence-electron chi connectivity index (χ0n) is 8.97. The molecule has 0 fully saturated rings. The van der Waals surface area contributed by atoms with E-state index in [0.717, 1.165) is 25.7 Å². The van der Waals surface area contributed by atoms with Crippen LogP contribution in [0.15, 0.2) is 61.8 Å². The molecular formula is C14H20. The first-order valence-electron chi connectivity index (χ1n) is 4.91. The summed E-state index contributed by atoms with van der Waals surface area (Å²) in [5.41, 5.74) is 2.56. The van der Waals surface area contributed by atoms with E-state index < -0.39 is 0 Å². The minimum atomic E-state index is 0.895. The minimum absolute atomic E-state index is 0.895. The van der Waals surface area contributed by atoms with Gasteiger partial charge in [-0.15, -0.1) is 19.7 Å². The van der Waals surface area contributed by atoms with Gasteiger partial charge in [-0.25, -0.2) is 0 Å². The summed E-state index contributed by atoms with van der Waals surface area (Å²) in [6.07, 6.45) is 11.7. The Kier molecular flexibility index (Phi) is 7.53. The highest BCUT2D eigenvalue weighted by molar-refractivity contribution is 5.15. The van der Waals surface area contributed by atoms with Crippen molar-refractivity contribution in [3.05, 3.63) is 61.8 Å². The molecule has 0 rings (SSSR count). The zero-order chi connectivity index (χ0) is 10.8. The van der Waals surface area contributed by atoms with Crippen molar-refractivity contribution in [1.82, 2.24) is 0 Å². The second-order valence-electron chi connectivity index (χ2n) is 3.29. The molecular weight excluding hydrogens is 168 g/mol. The maximum absolute atomic E-state index is 3.97. The summed E-state index contributed by atoms with van der Waals surface area (Å²) in [6.45, 7) is 15.1. The number of allylic oxidation sites excluding steroid dienone is 6. The average molecular weight is 188 g/mol. The number of hydrogen-bond donors (Lipinski definition) is 0. The molecule has 14 heavy (non-hydrogen) atoms. The molecule has 0 aromatic heterocycles. The van der Waals surface area contributed by atoms with Crippen LogP contribution in [0, 0.1) is 0 Å². The van der Waals surface area contributed by atoms with Gasteiger partial charge in [-0.3, -0.25) is 0 Å². The molecule has 0 radical (unpaired) electrons. The average Bonchev–Trinajstić information content (AvgIpc) is 2.15. The van der Waals surface area contributed by atoms with Crippen molar-refractivity contribution in [3.63, 3.8) is 0 Å². The lowest BCUT2D eigenvalue weighted by Gasteiger charge is -2.02. The topological polar surface area (TPSA) is 0 Å². The van der Waals surface area contributed by atoms with Crippen molar-refractivity contribution in [1.29, 1.82) is 0 Å². The lowest BCUT2D eigenvalue weighted by molar-refractivity contribution is 1.05. The maximum Gasteiger partial charge on any atom is -0.0136 e. The first kappa shape index (κ1) is 12.7. The van der Waals surface area contributed by atoms with Gasteiger partial charge in [-0.05, 0) is 25.7 Å². The fourth-order valence-electron chi connectivity index (χ4n) is 1.20. The molecule has 0 saturated carbocycles. The van der Waals surface area contributed by atoms with Crippen LogP contribution < -0.4 is 0 Å². The summed E-state index contributed by atoms with van der Waals surface area (Å²) < 4.78 is 0. The van der Waals surface area contributed by atoms with Gasteiger partial charge >= 0.3 is 0 Å². The predicted molar refractivity (Wildman–Crippen MR) is 66.3 cm³/mol. The van der Waals surface area contributed by atoms with Gasteiger partial charge in [0.2, 0.25) is 0 Å². The van der Waals surface area contributed by atoms with Crippen LogP contribution in [0.2, 0.25) is 0 Å². The lowest BCUT2D eigenvalue weighted by atomic mass is 10.0. The highest BCUT2D eigenvalue weighted by atomic mass is 14.0. The molecule has 0 amide bonds. The Morgan fingerprint density at radius 1 is 0.786 bits per heavy atom. The summed E-state index contributed by atoms with van der Waals surface area (Å²) in [6, 6.07) is 0. The molecule has 0 heteroatoms. The standard InChI is InChI=1S/C14H20/c1-5-8-13(4)11-12-14(9-6-2)10-7-3/h5-7,12H,1-4,8-11H2. The molecule has 0 atom stereocenters. The predicted octanol–water partition coefficient (Wildman–Crippen LogP) is 4.59. The molecule has 0 aliphatic rings. The van der Waals surface area contributed by atoms with Crippen molar-refractivity contribution in [2.75, 3.05) is 0 Å². The third kappa shape index (κ3) is 6.24. The lowest BCUT2D eigenvalue weighted by Crippen LogP contribution is -1.82. The first-order valence-corrected chi connectivity index (χ1v) is 4.91. The summed E-state index contributed by atoms with van der Waals surface area (Å²) in [4.78, 5) is 0. The molecule has 0 heterocycles. The summed E-state index contributed by atoms with van der Waals surface area (Å²) >= 11 is 0. The third-order valence-electron chi connectivity index (χ3n) is 1.93. The van der Waals surface area contributed by atoms with Gasteiger partial charge in [0.05, 0.1) is 0 Å². The Morgan fingerprint density at radius 2 is 1.29 bits per heavy atom. The van der Waals surface area contributed by atoms with E-state index >= 15 is 0 Å². The molecule has 0 unspecified atom stereocenters. The van der Waals surface area contributed by atoms with Crippen LogP contribution in [-0.4, -0.2) is 0 Å². The first-order chi connectivity index (χ1) is 6.74. The van der Waals surface area contributed by atoms with Crippen molar-refractivity contribution >= 4 is 0 Å². The Bertz CT molecular complexity index is 229. The summed E-state index contributed by atoms with van der Waals surface area (Å²) in [5.74, 6) is 0. The smallest absolute Gasteiger partial charge is 0.0136 e. The molecule has 0 nitrogen and oxygen atoms in total. The SMILES string of the molecule is C=CCC(=C)CC=C(CC=C)CC=C. The van der Waals surface area contributed by atoms with E-state index in [1.165, 1.54) is 11.1 Å². The molecule has 0 aromatic carbocycles. The number of rotatable bonds is 8. The highest BCUT2D eigenvalue weighted by Crippen LogP contribution is 2.13. The van der Waals surface area contributed by atoms with E-state index in [4.69, 9.17) is 0 Å². The zero-order valence-corrected chi connectivity index (χ0v) is 8.97. The van der Waals surface area contributed by atoms with E-state index in [9.17, 15) is 0 Å². The van der Waals surface area contributed by atoms with Crippen LogP contribution in [-0.2, 0) is 0 Å². The van der Waals surface area contributed by atoms with Gasteiger partial charge in [0.15, 0.2) is 0 Å². The summed E-state index contributed by atoms with van der Waals surface area (Å²) in [7, 11) is 0. The molecule has 0 spiro atoms. The Balaban J connectivity index is 4.12. The van der Waals surface area contributed by atoms with E-state index in [0.29, 0.717) is 0 Å². The largest absolute Gasteiger partial charge is 0.103 e. The molecule has 0 aromatic rings. The fraction of sp³-hybridized carbons (Fsp3) is 0.286. The Hall–Kier alpha value is -1.30. The van der Waals surface area contributed by atoms with Crippen LogP contribution in [0.3, 0.4) is 0 Å². The van der Waals surface area contributed by atoms with E-state index in [-0.39, 0.29) is 0 Å². The van der Waals surface area contributed by atoms with Crippen LogP contribution in [0.25, 0.3) is 0 Å². The van der Waals surface area contributed by atoms with Gasteiger partial charge in [-0.2, -0.15) is 0 Å². The van der Waals surface area contributed by atoms with Crippen LogP contribution >= 0.6 is 0 Å². The molecule has 76 valence electrons. The van der Waals surface area contributed by atoms with Crippen molar-refractivity contribution in [2.45, 2.75) is 25.7 Å². The maximum atomic E-state index is 3.97. The fourth-order valence-corrected chi connectivity index (χ4v) is 1.20. The van der Waals surface area contributed by atoms with Crippen molar-refractivity contribution in [3.8, 4) is 0 Å². The quantitative estimate of drug-likeness (QED) is 0.489. The Morgan fingerprint density at radius 3 is 1.71 bits per heavy atom. The molecule has 0 N–H and O–H groups in total. The molecule has 0 bridgehead atoms. The van der Waals surface area contributed by atoms with Crippen molar-refractivity contribution < 1.29 is 0 Å². The third-order valence-corrected chi connectivity index (χ3v) is 1.93. The second-order valence-corrected chi connectivity index (χ2v) is 3.29. The van der Waals surface area contributed by atoms with Crippen LogP contribution in [0.1, 0.15) is 25.7 Å². The highest BCUT2D eigenvalue weighted by Gasteiger charge is 1.93. The van der Waals surface area contributed by atoms with Gasteiger partial charge in [-0.1, -0.05) is 42.0 Å². The Labute approximate surface area is 88.0 Å². The van der Waals surface area contributed by atoms with Gasteiger partial charge in [0, 0.05) is 0 Å². The van der Waals surface area contributed by atoms with Crippen LogP contribution in [0.4, 0.5) is 0 Å². The monoisotopic (exact) mass is 188 g/mol.